The molecule has 0 amide bonds. The second kappa shape index (κ2) is 8.12. The zero-order valence-electron chi connectivity index (χ0n) is 10.3. The minimum absolute atomic E-state index is 0.584. The van der Waals surface area contributed by atoms with Crippen molar-refractivity contribution >= 4 is 0 Å². The third kappa shape index (κ3) is 5.13. The van der Waals surface area contributed by atoms with Gasteiger partial charge in [0.15, 0.2) is 0 Å². The lowest BCUT2D eigenvalue weighted by Gasteiger charge is -2.17. The van der Waals surface area contributed by atoms with Crippen LogP contribution in [0, 0.1) is 0 Å². The summed E-state index contributed by atoms with van der Waals surface area (Å²) in [6.45, 7) is 7.11. The first kappa shape index (κ1) is 13.0. The molecule has 0 aliphatic rings. The van der Waals surface area contributed by atoms with Crippen molar-refractivity contribution in [3.8, 4) is 0 Å². The summed E-state index contributed by atoms with van der Waals surface area (Å²) in [5.41, 5.74) is 1.42. The van der Waals surface area contributed by atoms with Gasteiger partial charge < -0.3 is 5.32 Å². The van der Waals surface area contributed by atoms with E-state index < -0.39 is 0 Å². The Bertz CT molecular complexity index is 279. The summed E-state index contributed by atoms with van der Waals surface area (Å²) in [5.74, 6) is 0. The first-order chi connectivity index (χ1) is 7.86. The molecule has 0 fully saturated rings. The Morgan fingerprint density at radius 3 is 2.69 bits per heavy atom. The predicted octanol–water partition coefficient (Wildman–Crippen LogP) is 3.56. The van der Waals surface area contributed by atoms with Crippen molar-refractivity contribution in [3.05, 3.63) is 48.6 Å². The molecule has 0 saturated carbocycles. The summed E-state index contributed by atoms with van der Waals surface area (Å²) in [4.78, 5) is 0. The molecule has 1 aromatic rings. The molecule has 1 nitrogen and oxygen atoms in total. The maximum absolute atomic E-state index is 3.79. The second-order valence-corrected chi connectivity index (χ2v) is 4.21. The van der Waals surface area contributed by atoms with Crippen LogP contribution in [0.4, 0.5) is 0 Å². The van der Waals surface area contributed by atoms with Gasteiger partial charge in [-0.1, -0.05) is 43.3 Å². The smallest absolute Gasteiger partial charge is 0.0110 e. The van der Waals surface area contributed by atoms with Crippen molar-refractivity contribution in [3.63, 3.8) is 0 Å². The number of allylic oxidation sites excluding steroid dienone is 1. The van der Waals surface area contributed by atoms with E-state index in [1.54, 1.807) is 0 Å². The fraction of sp³-hybridized carbons (Fsp3) is 0.467. The summed E-state index contributed by atoms with van der Waals surface area (Å²) in [6, 6.07) is 11.3. The zero-order chi connectivity index (χ0) is 11.6. The molecule has 0 radical (unpaired) electrons. The standard InChI is InChI=1S/C15H23N/c1-3-5-11-15(16-12-4-2)13-14-9-7-6-8-10-14/h3,6-10,15-16H,1,4-5,11-13H2,2H3. The van der Waals surface area contributed by atoms with E-state index in [-0.39, 0.29) is 0 Å². The largest absolute Gasteiger partial charge is 0.314 e. The van der Waals surface area contributed by atoms with Crippen molar-refractivity contribution in [2.75, 3.05) is 6.54 Å². The van der Waals surface area contributed by atoms with Crippen molar-refractivity contribution < 1.29 is 0 Å². The van der Waals surface area contributed by atoms with Crippen LogP contribution in [0.3, 0.4) is 0 Å². The zero-order valence-corrected chi connectivity index (χ0v) is 10.3. The fourth-order valence-corrected chi connectivity index (χ4v) is 1.84. The van der Waals surface area contributed by atoms with Crippen LogP contribution in [0.1, 0.15) is 31.7 Å². The Kier molecular flexibility index (Phi) is 6.59. The maximum Gasteiger partial charge on any atom is 0.0110 e. The van der Waals surface area contributed by atoms with Crippen LogP contribution in [0.15, 0.2) is 43.0 Å². The fourth-order valence-electron chi connectivity index (χ4n) is 1.84. The van der Waals surface area contributed by atoms with E-state index in [2.05, 4.69) is 49.2 Å². The van der Waals surface area contributed by atoms with Crippen LogP contribution in [-0.4, -0.2) is 12.6 Å². The molecule has 0 saturated heterocycles. The van der Waals surface area contributed by atoms with Gasteiger partial charge in [-0.15, -0.1) is 6.58 Å². The summed E-state index contributed by atoms with van der Waals surface area (Å²) in [7, 11) is 0. The summed E-state index contributed by atoms with van der Waals surface area (Å²) in [6.07, 6.45) is 6.59. The summed E-state index contributed by atoms with van der Waals surface area (Å²) in [5, 5.41) is 3.60. The highest BCUT2D eigenvalue weighted by Crippen LogP contribution is 2.08. The number of hydrogen-bond acceptors (Lipinski definition) is 1. The molecule has 1 aromatic carbocycles. The van der Waals surface area contributed by atoms with E-state index in [1.165, 1.54) is 18.4 Å². The third-order valence-electron chi connectivity index (χ3n) is 2.73. The highest BCUT2D eigenvalue weighted by atomic mass is 14.9. The molecular formula is C15H23N. The Morgan fingerprint density at radius 1 is 1.31 bits per heavy atom. The minimum Gasteiger partial charge on any atom is -0.314 e. The molecule has 16 heavy (non-hydrogen) atoms. The van der Waals surface area contributed by atoms with E-state index >= 15 is 0 Å². The van der Waals surface area contributed by atoms with Gasteiger partial charge in [0, 0.05) is 6.04 Å². The number of rotatable bonds is 8. The van der Waals surface area contributed by atoms with Crippen LogP contribution in [0.5, 0.6) is 0 Å². The minimum atomic E-state index is 0.584. The lowest BCUT2D eigenvalue weighted by molar-refractivity contribution is 0.481. The molecule has 1 N–H and O–H groups in total. The van der Waals surface area contributed by atoms with Gasteiger partial charge in [0.05, 0.1) is 0 Å². The average Bonchev–Trinajstić information content (AvgIpc) is 2.34. The van der Waals surface area contributed by atoms with E-state index in [1.807, 2.05) is 6.08 Å². The average molecular weight is 217 g/mol. The number of nitrogens with one attached hydrogen (secondary N) is 1. The van der Waals surface area contributed by atoms with Crippen molar-refractivity contribution in [1.82, 2.24) is 5.32 Å². The SMILES string of the molecule is C=CCCC(Cc1ccccc1)NCCC. The predicted molar refractivity (Wildman–Crippen MR) is 71.7 cm³/mol. The van der Waals surface area contributed by atoms with Gasteiger partial charge in [0.2, 0.25) is 0 Å². The summed E-state index contributed by atoms with van der Waals surface area (Å²) >= 11 is 0. The molecule has 0 aliphatic heterocycles. The third-order valence-corrected chi connectivity index (χ3v) is 2.73. The highest BCUT2D eigenvalue weighted by molar-refractivity contribution is 5.15. The van der Waals surface area contributed by atoms with Crippen LogP contribution in [-0.2, 0) is 6.42 Å². The van der Waals surface area contributed by atoms with Crippen molar-refractivity contribution in [2.24, 2.45) is 0 Å². The second-order valence-electron chi connectivity index (χ2n) is 4.21. The van der Waals surface area contributed by atoms with E-state index in [9.17, 15) is 0 Å². The quantitative estimate of drug-likeness (QED) is 0.656. The van der Waals surface area contributed by atoms with Crippen molar-refractivity contribution in [1.29, 1.82) is 0 Å². The van der Waals surface area contributed by atoms with E-state index in [4.69, 9.17) is 0 Å². The molecule has 0 bridgehead atoms. The van der Waals surface area contributed by atoms with Crippen LogP contribution in [0.2, 0.25) is 0 Å². The van der Waals surface area contributed by atoms with Crippen LogP contribution < -0.4 is 5.32 Å². The van der Waals surface area contributed by atoms with E-state index in [0.717, 1.165) is 19.4 Å². The Hall–Kier alpha value is -1.08. The Balaban J connectivity index is 2.45. The normalized spacial score (nSPS) is 12.3. The van der Waals surface area contributed by atoms with Gasteiger partial charge in [-0.2, -0.15) is 0 Å². The first-order valence-corrected chi connectivity index (χ1v) is 6.25. The van der Waals surface area contributed by atoms with Gasteiger partial charge in [0.25, 0.3) is 0 Å². The van der Waals surface area contributed by atoms with Gasteiger partial charge in [-0.3, -0.25) is 0 Å². The topological polar surface area (TPSA) is 12.0 Å². The Morgan fingerprint density at radius 2 is 2.06 bits per heavy atom. The monoisotopic (exact) mass is 217 g/mol. The molecule has 0 spiro atoms. The lowest BCUT2D eigenvalue weighted by Crippen LogP contribution is -2.31. The molecule has 0 heterocycles. The molecule has 1 heteroatoms. The molecular weight excluding hydrogens is 194 g/mol. The van der Waals surface area contributed by atoms with Gasteiger partial charge in [-0.05, 0) is 37.8 Å². The molecule has 0 aromatic heterocycles. The van der Waals surface area contributed by atoms with Crippen molar-refractivity contribution in [2.45, 2.75) is 38.6 Å². The van der Waals surface area contributed by atoms with Gasteiger partial charge in [0.1, 0.15) is 0 Å². The van der Waals surface area contributed by atoms with Gasteiger partial charge in [-0.25, -0.2) is 0 Å². The van der Waals surface area contributed by atoms with Crippen LogP contribution in [0.25, 0.3) is 0 Å². The molecule has 1 unspecified atom stereocenters. The highest BCUT2D eigenvalue weighted by Gasteiger charge is 2.07. The first-order valence-electron chi connectivity index (χ1n) is 6.25. The van der Waals surface area contributed by atoms with E-state index in [0.29, 0.717) is 6.04 Å². The summed E-state index contributed by atoms with van der Waals surface area (Å²) < 4.78 is 0. The number of hydrogen-bond donors (Lipinski definition) is 1. The lowest BCUT2D eigenvalue weighted by atomic mass is 10.0. The maximum atomic E-state index is 3.79. The number of benzene rings is 1. The molecule has 1 rings (SSSR count). The molecule has 1 atom stereocenters. The van der Waals surface area contributed by atoms with Gasteiger partial charge >= 0.3 is 0 Å². The molecule has 88 valence electrons. The Labute approximate surface area is 99.6 Å². The molecule has 0 aliphatic carbocycles. The van der Waals surface area contributed by atoms with Crippen LogP contribution >= 0.6 is 0 Å².